The van der Waals surface area contributed by atoms with Crippen LogP contribution < -0.4 is 10.6 Å². The molecule has 0 bridgehead atoms. The molecule has 1 aliphatic rings. The van der Waals surface area contributed by atoms with Gasteiger partial charge in [0.05, 0.1) is 0 Å². The van der Waals surface area contributed by atoms with Crippen LogP contribution in [0.5, 0.6) is 0 Å². The van der Waals surface area contributed by atoms with Crippen LogP contribution in [0.3, 0.4) is 0 Å². The predicted molar refractivity (Wildman–Crippen MR) is 94.2 cm³/mol. The molecule has 1 aliphatic heterocycles. The van der Waals surface area contributed by atoms with Crippen molar-refractivity contribution >= 4 is 5.96 Å². The molecule has 1 heterocycles. The van der Waals surface area contributed by atoms with E-state index in [9.17, 15) is 0 Å². The van der Waals surface area contributed by atoms with E-state index >= 15 is 0 Å². The molecule has 0 spiro atoms. The Hall–Kier alpha value is -1.55. The maximum Gasteiger partial charge on any atom is 0.191 e. The standard InChI is InChI=1S/C18H30N4/c1-4-22-10-6-9-17(14-22)13-21-18(19-3)20-12-16-8-5-7-15(2)11-16/h5,7-8,11,17H,4,6,9-10,12-14H2,1-3H3,(H2,19,20,21). The third kappa shape index (κ3) is 5.34. The first kappa shape index (κ1) is 16.8. The van der Waals surface area contributed by atoms with Crippen LogP contribution in [0.4, 0.5) is 0 Å². The highest BCUT2D eigenvalue weighted by Gasteiger charge is 2.18. The van der Waals surface area contributed by atoms with Crippen LogP contribution in [-0.2, 0) is 6.54 Å². The quantitative estimate of drug-likeness (QED) is 0.648. The summed E-state index contributed by atoms with van der Waals surface area (Å²) in [6.07, 6.45) is 2.63. The minimum atomic E-state index is 0.728. The second kappa shape index (κ2) is 8.79. The minimum absolute atomic E-state index is 0.728. The summed E-state index contributed by atoms with van der Waals surface area (Å²) in [6.45, 7) is 9.82. The lowest BCUT2D eigenvalue weighted by Crippen LogP contribution is -2.44. The number of hydrogen-bond donors (Lipinski definition) is 2. The van der Waals surface area contributed by atoms with Crippen LogP contribution >= 0.6 is 0 Å². The normalized spacial score (nSPS) is 20.0. The fourth-order valence-electron chi connectivity index (χ4n) is 3.07. The largest absolute Gasteiger partial charge is 0.356 e. The topological polar surface area (TPSA) is 39.7 Å². The number of nitrogens with one attached hydrogen (secondary N) is 2. The number of piperidine rings is 1. The van der Waals surface area contributed by atoms with Crippen molar-refractivity contribution in [1.29, 1.82) is 0 Å². The molecule has 0 aliphatic carbocycles. The van der Waals surface area contributed by atoms with Gasteiger partial charge in [-0.3, -0.25) is 4.99 Å². The zero-order valence-corrected chi connectivity index (χ0v) is 14.2. The molecule has 1 aromatic rings. The number of nitrogens with zero attached hydrogens (tertiary/aromatic N) is 2. The molecule has 0 amide bonds. The number of hydrogen-bond acceptors (Lipinski definition) is 2. The van der Waals surface area contributed by atoms with Gasteiger partial charge in [0.1, 0.15) is 0 Å². The number of aryl methyl sites for hydroxylation is 1. The van der Waals surface area contributed by atoms with Crippen LogP contribution in [0, 0.1) is 12.8 Å². The van der Waals surface area contributed by atoms with E-state index < -0.39 is 0 Å². The van der Waals surface area contributed by atoms with Crippen molar-refractivity contribution < 1.29 is 0 Å². The monoisotopic (exact) mass is 302 g/mol. The van der Waals surface area contributed by atoms with Crippen LogP contribution in [-0.4, -0.2) is 44.1 Å². The average Bonchev–Trinajstić information content (AvgIpc) is 2.55. The first-order valence-corrected chi connectivity index (χ1v) is 8.43. The summed E-state index contributed by atoms with van der Waals surface area (Å²) < 4.78 is 0. The van der Waals surface area contributed by atoms with Gasteiger partial charge in [-0.05, 0) is 44.3 Å². The van der Waals surface area contributed by atoms with Gasteiger partial charge < -0.3 is 15.5 Å². The van der Waals surface area contributed by atoms with Gasteiger partial charge in [0, 0.05) is 26.7 Å². The van der Waals surface area contributed by atoms with Crippen LogP contribution in [0.2, 0.25) is 0 Å². The fraction of sp³-hybridized carbons (Fsp3) is 0.611. The van der Waals surface area contributed by atoms with E-state index in [1.54, 1.807) is 0 Å². The van der Waals surface area contributed by atoms with Crippen molar-refractivity contribution in [3.8, 4) is 0 Å². The number of benzene rings is 1. The number of aliphatic imine (C=N–C) groups is 1. The Morgan fingerprint density at radius 3 is 2.95 bits per heavy atom. The summed E-state index contributed by atoms with van der Waals surface area (Å²) in [7, 11) is 1.84. The highest BCUT2D eigenvalue weighted by atomic mass is 15.2. The first-order chi connectivity index (χ1) is 10.7. The molecule has 2 rings (SSSR count). The van der Waals surface area contributed by atoms with Gasteiger partial charge in [0.2, 0.25) is 0 Å². The van der Waals surface area contributed by atoms with E-state index in [0.717, 1.165) is 31.5 Å². The average molecular weight is 302 g/mol. The van der Waals surface area contributed by atoms with E-state index in [-0.39, 0.29) is 0 Å². The molecule has 0 aromatic heterocycles. The van der Waals surface area contributed by atoms with E-state index in [2.05, 4.69) is 58.6 Å². The summed E-state index contributed by atoms with van der Waals surface area (Å²) in [6, 6.07) is 8.58. The molecule has 4 heteroatoms. The highest BCUT2D eigenvalue weighted by molar-refractivity contribution is 5.79. The molecular formula is C18H30N4. The number of likely N-dealkylation sites (tertiary alicyclic amines) is 1. The molecule has 122 valence electrons. The zero-order valence-electron chi connectivity index (χ0n) is 14.2. The van der Waals surface area contributed by atoms with E-state index in [1.807, 2.05) is 7.05 Å². The molecule has 22 heavy (non-hydrogen) atoms. The Labute approximate surface area is 135 Å². The van der Waals surface area contributed by atoms with Crippen molar-refractivity contribution in [3.05, 3.63) is 35.4 Å². The smallest absolute Gasteiger partial charge is 0.191 e. The lowest BCUT2D eigenvalue weighted by atomic mass is 9.98. The predicted octanol–water partition coefficient (Wildman–Crippen LogP) is 2.39. The first-order valence-electron chi connectivity index (χ1n) is 8.43. The van der Waals surface area contributed by atoms with Gasteiger partial charge in [-0.1, -0.05) is 36.8 Å². The SMILES string of the molecule is CCN1CCCC(CNC(=NC)NCc2cccc(C)c2)C1. The maximum absolute atomic E-state index is 4.33. The van der Waals surface area contributed by atoms with Gasteiger partial charge >= 0.3 is 0 Å². The van der Waals surface area contributed by atoms with Gasteiger partial charge in [0.15, 0.2) is 5.96 Å². The highest BCUT2D eigenvalue weighted by Crippen LogP contribution is 2.15. The second-order valence-electron chi connectivity index (χ2n) is 6.20. The number of rotatable bonds is 5. The molecule has 1 fully saturated rings. The molecular weight excluding hydrogens is 272 g/mol. The van der Waals surface area contributed by atoms with Crippen LogP contribution in [0.1, 0.15) is 30.9 Å². The van der Waals surface area contributed by atoms with Crippen molar-refractivity contribution in [2.75, 3.05) is 33.2 Å². The van der Waals surface area contributed by atoms with Crippen LogP contribution in [0.15, 0.2) is 29.3 Å². The van der Waals surface area contributed by atoms with E-state index in [4.69, 9.17) is 0 Å². The summed E-state index contributed by atoms with van der Waals surface area (Å²) >= 11 is 0. The third-order valence-electron chi connectivity index (χ3n) is 4.37. The molecule has 4 nitrogen and oxygen atoms in total. The number of guanidine groups is 1. The van der Waals surface area contributed by atoms with Gasteiger partial charge in [-0.25, -0.2) is 0 Å². The summed E-state index contributed by atoms with van der Waals surface area (Å²) in [5, 5.41) is 6.88. The van der Waals surface area contributed by atoms with Crippen molar-refractivity contribution in [2.24, 2.45) is 10.9 Å². The van der Waals surface area contributed by atoms with E-state index in [1.165, 1.54) is 37.1 Å². The minimum Gasteiger partial charge on any atom is -0.356 e. The molecule has 1 aromatic carbocycles. The fourth-order valence-corrected chi connectivity index (χ4v) is 3.07. The van der Waals surface area contributed by atoms with Crippen molar-refractivity contribution in [1.82, 2.24) is 15.5 Å². The van der Waals surface area contributed by atoms with Crippen LogP contribution in [0.25, 0.3) is 0 Å². The Bertz CT molecular complexity index is 484. The lowest BCUT2D eigenvalue weighted by molar-refractivity contribution is 0.183. The van der Waals surface area contributed by atoms with Crippen molar-refractivity contribution in [3.63, 3.8) is 0 Å². The third-order valence-corrected chi connectivity index (χ3v) is 4.37. The summed E-state index contributed by atoms with van der Waals surface area (Å²) in [5.41, 5.74) is 2.59. The molecule has 1 unspecified atom stereocenters. The summed E-state index contributed by atoms with van der Waals surface area (Å²) in [5.74, 6) is 1.63. The second-order valence-corrected chi connectivity index (χ2v) is 6.20. The molecule has 1 saturated heterocycles. The van der Waals surface area contributed by atoms with Gasteiger partial charge in [0.25, 0.3) is 0 Å². The summed E-state index contributed by atoms with van der Waals surface area (Å²) in [4.78, 5) is 6.87. The van der Waals surface area contributed by atoms with Crippen molar-refractivity contribution in [2.45, 2.75) is 33.2 Å². The Morgan fingerprint density at radius 2 is 2.23 bits per heavy atom. The Morgan fingerprint density at radius 1 is 1.36 bits per heavy atom. The molecule has 1 atom stereocenters. The Kier molecular flexibility index (Phi) is 6.72. The lowest BCUT2D eigenvalue weighted by Gasteiger charge is -2.32. The van der Waals surface area contributed by atoms with Gasteiger partial charge in [-0.2, -0.15) is 0 Å². The molecule has 0 saturated carbocycles. The van der Waals surface area contributed by atoms with Gasteiger partial charge in [-0.15, -0.1) is 0 Å². The van der Waals surface area contributed by atoms with E-state index in [0.29, 0.717) is 0 Å². The molecule has 0 radical (unpaired) electrons. The Balaban J connectivity index is 1.75. The maximum atomic E-state index is 4.33. The zero-order chi connectivity index (χ0) is 15.8. The molecule has 2 N–H and O–H groups in total.